The molecule has 1 saturated heterocycles. The van der Waals surface area contributed by atoms with Gasteiger partial charge in [-0.15, -0.1) is 0 Å². The summed E-state index contributed by atoms with van der Waals surface area (Å²) >= 11 is 0. The smallest absolute Gasteiger partial charge is 0.295 e. The molecule has 2 atom stereocenters. The molecule has 5 rings (SSSR count). The van der Waals surface area contributed by atoms with Gasteiger partial charge in [0.2, 0.25) is 0 Å². The van der Waals surface area contributed by atoms with E-state index in [1.54, 1.807) is 42.9 Å². The van der Waals surface area contributed by atoms with Crippen molar-refractivity contribution < 1.29 is 24.2 Å². The number of hydrogen-bond acceptors (Lipinski definition) is 6. The van der Waals surface area contributed by atoms with Gasteiger partial charge in [0.25, 0.3) is 11.7 Å². The molecule has 1 aromatic heterocycles. The number of aliphatic hydroxyl groups excluding tert-OH is 1. The standard InChI is InChI=1S/C29H29N3O5/c1-3-14-36-23-7-4-6-20(17-23)26-25(27(33)21-8-9-24-22(16-21)15-19(2)37-24)28(34)29(35)32(26)12-5-11-31-13-10-30-18-31/h3-4,6-10,13,16-19,26,33H,1,5,11-12,14-15H2,2H3/b27-25+/t19-,26-/m0/s1. The first kappa shape index (κ1) is 24.4. The summed E-state index contributed by atoms with van der Waals surface area (Å²) in [6.45, 7) is 6.96. The zero-order chi connectivity index (χ0) is 25.9. The molecule has 0 radical (unpaired) electrons. The predicted octanol–water partition coefficient (Wildman–Crippen LogP) is 4.28. The first-order valence-corrected chi connectivity index (χ1v) is 12.3. The molecule has 1 N–H and O–H groups in total. The number of benzene rings is 2. The van der Waals surface area contributed by atoms with Gasteiger partial charge in [0.05, 0.1) is 17.9 Å². The zero-order valence-corrected chi connectivity index (χ0v) is 20.7. The highest BCUT2D eigenvalue weighted by atomic mass is 16.5. The Kier molecular flexibility index (Phi) is 6.81. The highest BCUT2D eigenvalue weighted by Crippen LogP contribution is 2.41. The van der Waals surface area contributed by atoms with E-state index in [2.05, 4.69) is 11.6 Å². The largest absolute Gasteiger partial charge is 0.507 e. The summed E-state index contributed by atoms with van der Waals surface area (Å²) in [7, 11) is 0. The van der Waals surface area contributed by atoms with Crippen LogP contribution in [0.1, 0.15) is 36.1 Å². The molecule has 8 heteroatoms. The van der Waals surface area contributed by atoms with Crippen molar-refractivity contribution in [2.24, 2.45) is 0 Å². The zero-order valence-electron chi connectivity index (χ0n) is 20.7. The third-order valence-electron chi connectivity index (χ3n) is 6.63. The van der Waals surface area contributed by atoms with Crippen LogP contribution in [0.5, 0.6) is 11.5 Å². The number of ketones is 1. The van der Waals surface area contributed by atoms with E-state index in [1.165, 1.54) is 4.90 Å². The van der Waals surface area contributed by atoms with Crippen molar-refractivity contribution >= 4 is 17.4 Å². The highest BCUT2D eigenvalue weighted by Gasteiger charge is 2.46. The van der Waals surface area contributed by atoms with Crippen LogP contribution in [0, 0.1) is 0 Å². The van der Waals surface area contributed by atoms with Crippen molar-refractivity contribution in [3.05, 3.63) is 96.1 Å². The molecule has 0 aliphatic carbocycles. The van der Waals surface area contributed by atoms with Crippen LogP contribution in [-0.2, 0) is 22.6 Å². The van der Waals surface area contributed by atoms with Crippen molar-refractivity contribution in [1.82, 2.24) is 14.5 Å². The molecule has 3 heterocycles. The Balaban J connectivity index is 1.54. The topological polar surface area (TPSA) is 93.9 Å². The summed E-state index contributed by atoms with van der Waals surface area (Å²) in [5, 5.41) is 11.4. The molecule has 2 aliphatic rings. The predicted molar refractivity (Wildman–Crippen MR) is 138 cm³/mol. The summed E-state index contributed by atoms with van der Waals surface area (Å²) in [6.07, 6.45) is 8.28. The molecule has 2 aromatic carbocycles. The molecule has 0 saturated carbocycles. The number of rotatable bonds is 9. The molecule has 0 bridgehead atoms. The number of aliphatic hydroxyl groups is 1. The van der Waals surface area contributed by atoms with Gasteiger partial charge in [-0.05, 0) is 54.8 Å². The lowest BCUT2D eigenvalue weighted by Gasteiger charge is -2.26. The number of amides is 1. The van der Waals surface area contributed by atoms with E-state index in [9.17, 15) is 14.7 Å². The Labute approximate surface area is 215 Å². The van der Waals surface area contributed by atoms with Gasteiger partial charge in [-0.25, -0.2) is 4.98 Å². The Bertz CT molecular complexity index is 1360. The summed E-state index contributed by atoms with van der Waals surface area (Å²) in [5.41, 5.74) is 2.20. The van der Waals surface area contributed by atoms with E-state index >= 15 is 0 Å². The van der Waals surface area contributed by atoms with Gasteiger partial charge in [-0.1, -0.05) is 24.8 Å². The third kappa shape index (κ3) is 4.87. The number of aryl methyl sites for hydroxylation is 1. The monoisotopic (exact) mass is 499 g/mol. The van der Waals surface area contributed by atoms with Crippen LogP contribution in [0.15, 0.2) is 79.4 Å². The Morgan fingerprint density at radius 2 is 2.11 bits per heavy atom. The lowest BCUT2D eigenvalue weighted by atomic mass is 9.94. The van der Waals surface area contributed by atoms with Gasteiger partial charge < -0.3 is 24.0 Å². The second-order valence-corrected chi connectivity index (χ2v) is 9.27. The number of nitrogens with zero attached hydrogens (tertiary/aromatic N) is 3. The molecule has 1 fully saturated rings. The van der Waals surface area contributed by atoms with Crippen LogP contribution in [0.25, 0.3) is 5.76 Å². The normalized spacial score (nSPS) is 20.1. The number of fused-ring (bicyclic) bond motifs is 1. The van der Waals surface area contributed by atoms with E-state index in [4.69, 9.17) is 9.47 Å². The average molecular weight is 500 g/mol. The number of carbonyl (C=O) groups is 2. The van der Waals surface area contributed by atoms with Crippen LogP contribution in [0.4, 0.5) is 0 Å². The maximum atomic E-state index is 13.4. The van der Waals surface area contributed by atoms with Gasteiger partial charge >= 0.3 is 0 Å². The van der Waals surface area contributed by atoms with Crippen molar-refractivity contribution in [3.63, 3.8) is 0 Å². The first-order valence-electron chi connectivity index (χ1n) is 12.3. The number of carbonyl (C=O) groups excluding carboxylic acids is 2. The van der Waals surface area contributed by atoms with Crippen molar-refractivity contribution in [2.75, 3.05) is 13.2 Å². The van der Waals surface area contributed by atoms with Crippen LogP contribution in [0.2, 0.25) is 0 Å². The summed E-state index contributed by atoms with van der Waals surface area (Å²) in [4.78, 5) is 32.2. The second-order valence-electron chi connectivity index (χ2n) is 9.27. The quantitative estimate of drug-likeness (QED) is 0.204. The molecular weight excluding hydrogens is 470 g/mol. The van der Waals surface area contributed by atoms with Gasteiger partial charge in [0.1, 0.15) is 30.0 Å². The van der Waals surface area contributed by atoms with Gasteiger partial charge in [0.15, 0.2) is 0 Å². The van der Waals surface area contributed by atoms with Crippen LogP contribution < -0.4 is 9.47 Å². The fourth-order valence-electron chi connectivity index (χ4n) is 4.95. The molecule has 37 heavy (non-hydrogen) atoms. The molecule has 0 spiro atoms. The highest BCUT2D eigenvalue weighted by molar-refractivity contribution is 6.46. The lowest BCUT2D eigenvalue weighted by Crippen LogP contribution is -2.31. The minimum absolute atomic E-state index is 0.0479. The molecule has 2 aliphatic heterocycles. The van der Waals surface area contributed by atoms with Gasteiger partial charge in [0, 0.05) is 37.5 Å². The molecular formula is C29H29N3O5. The number of aromatic nitrogens is 2. The minimum atomic E-state index is -0.751. The fourth-order valence-corrected chi connectivity index (χ4v) is 4.95. The van der Waals surface area contributed by atoms with E-state index in [1.807, 2.05) is 35.9 Å². The van der Waals surface area contributed by atoms with E-state index in [-0.39, 0.29) is 17.4 Å². The van der Waals surface area contributed by atoms with Gasteiger partial charge in [-0.2, -0.15) is 0 Å². The third-order valence-corrected chi connectivity index (χ3v) is 6.63. The maximum absolute atomic E-state index is 13.4. The fraction of sp³-hybridized carbons (Fsp3) is 0.276. The number of hydrogen-bond donors (Lipinski definition) is 1. The van der Waals surface area contributed by atoms with Crippen LogP contribution in [0.3, 0.4) is 0 Å². The summed E-state index contributed by atoms with van der Waals surface area (Å²) in [5.74, 6) is -0.168. The van der Waals surface area contributed by atoms with Crippen LogP contribution in [-0.4, -0.2) is 50.5 Å². The minimum Gasteiger partial charge on any atom is -0.507 e. The number of imidazole rings is 1. The van der Waals surface area contributed by atoms with Gasteiger partial charge in [-0.3, -0.25) is 9.59 Å². The Morgan fingerprint density at radius 3 is 2.89 bits per heavy atom. The number of ether oxygens (including phenoxy) is 2. The molecule has 8 nitrogen and oxygen atoms in total. The van der Waals surface area contributed by atoms with E-state index in [0.717, 1.165) is 11.3 Å². The summed E-state index contributed by atoms with van der Waals surface area (Å²) in [6, 6.07) is 11.9. The van der Waals surface area contributed by atoms with E-state index in [0.29, 0.717) is 49.4 Å². The molecule has 0 unspecified atom stereocenters. The SMILES string of the molecule is C=CCOc1cccc([C@H]2/C(=C(\O)c3ccc4c(c3)C[C@H](C)O4)C(=O)C(=O)N2CCCn2ccnc2)c1. The van der Waals surface area contributed by atoms with Crippen molar-refractivity contribution in [3.8, 4) is 11.5 Å². The van der Waals surface area contributed by atoms with Crippen LogP contribution >= 0.6 is 0 Å². The summed E-state index contributed by atoms with van der Waals surface area (Å²) < 4.78 is 13.4. The number of Topliss-reactive ketones (excluding diaryl/α,β-unsaturated/α-hetero) is 1. The Hall–Kier alpha value is -4.33. The molecule has 3 aromatic rings. The van der Waals surface area contributed by atoms with E-state index < -0.39 is 17.7 Å². The molecule has 190 valence electrons. The maximum Gasteiger partial charge on any atom is 0.295 e. The Morgan fingerprint density at radius 1 is 1.24 bits per heavy atom. The second kappa shape index (κ2) is 10.3. The average Bonchev–Trinajstić information content (AvgIpc) is 3.61. The first-order chi connectivity index (χ1) is 18.0. The molecule has 1 amide bonds. The number of likely N-dealkylation sites (tertiary alicyclic amines) is 1. The van der Waals surface area contributed by atoms with Crippen molar-refractivity contribution in [1.29, 1.82) is 0 Å². The lowest BCUT2D eigenvalue weighted by molar-refractivity contribution is -0.139. The van der Waals surface area contributed by atoms with Crippen molar-refractivity contribution in [2.45, 2.75) is 38.5 Å².